The molecule has 0 radical (unpaired) electrons. The van der Waals surface area contributed by atoms with E-state index >= 15 is 0 Å². The molecule has 3 aromatic rings. The molecule has 0 N–H and O–H groups in total. The van der Waals surface area contributed by atoms with Crippen LogP contribution >= 0.6 is 11.3 Å². The molecule has 2 aliphatic rings. The van der Waals surface area contributed by atoms with Crippen LogP contribution in [0.5, 0.6) is 5.75 Å². The number of esters is 1. The highest BCUT2D eigenvalue weighted by Gasteiger charge is 2.34. The highest BCUT2D eigenvalue weighted by molar-refractivity contribution is 7.07. The van der Waals surface area contributed by atoms with E-state index in [-0.39, 0.29) is 22.9 Å². The summed E-state index contributed by atoms with van der Waals surface area (Å²) in [4.78, 5) is 46.0. The van der Waals surface area contributed by atoms with Crippen LogP contribution in [0.25, 0.3) is 6.08 Å². The number of nitro benzene ring substituents is 1. The number of carbonyl (C=O) groups excluding carboxylic acids is 1. The number of fused-ring (bicyclic) bond motifs is 1. The average Bonchev–Trinajstić information content (AvgIpc) is 3.26. The number of thiazole rings is 1. The standard InChI is InChI=1S/C31H34N4O6S/c1-18(2)41-30(37)27-20(4)32-31-34(28(27)21-6-9-24(40-5)10-7-21)29(36)26(42-31)17-22-16-23(35(38)39)8-11-25(22)33-14-12-19(3)13-15-33/h6-11,16-19,28H,12-15H2,1-5H3/b26-17+/t28-/m0/s1. The molecule has 0 bridgehead atoms. The van der Waals surface area contributed by atoms with Crippen LogP contribution < -0.4 is 24.5 Å². The van der Waals surface area contributed by atoms with Gasteiger partial charge in [-0.2, -0.15) is 0 Å². The van der Waals surface area contributed by atoms with Crippen molar-refractivity contribution in [2.24, 2.45) is 10.9 Å². The fraction of sp³-hybridized carbons (Fsp3) is 0.387. The molecule has 220 valence electrons. The van der Waals surface area contributed by atoms with E-state index in [1.54, 1.807) is 52.2 Å². The first-order valence-corrected chi connectivity index (χ1v) is 14.8. The maximum absolute atomic E-state index is 14.1. The zero-order valence-electron chi connectivity index (χ0n) is 24.3. The molecule has 1 fully saturated rings. The third kappa shape index (κ3) is 5.74. The van der Waals surface area contributed by atoms with Crippen molar-refractivity contribution >= 4 is 34.8 Å². The number of ether oxygens (including phenoxy) is 2. The van der Waals surface area contributed by atoms with Crippen molar-refractivity contribution in [2.45, 2.75) is 52.7 Å². The van der Waals surface area contributed by atoms with Crippen LogP contribution in [0.4, 0.5) is 11.4 Å². The molecule has 0 unspecified atom stereocenters. The summed E-state index contributed by atoms with van der Waals surface area (Å²) in [5, 5.41) is 11.7. The third-order valence-electron chi connectivity index (χ3n) is 7.65. The summed E-state index contributed by atoms with van der Waals surface area (Å²) in [6.07, 6.45) is 3.40. The monoisotopic (exact) mass is 590 g/mol. The number of rotatable bonds is 7. The van der Waals surface area contributed by atoms with Crippen LogP contribution in [0.3, 0.4) is 0 Å². The minimum absolute atomic E-state index is 0.0474. The van der Waals surface area contributed by atoms with Gasteiger partial charge in [-0.15, -0.1) is 0 Å². The number of aromatic nitrogens is 1. The van der Waals surface area contributed by atoms with Gasteiger partial charge < -0.3 is 14.4 Å². The fourth-order valence-corrected chi connectivity index (χ4v) is 6.45. The van der Waals surface area contributed by atoms with Crippen LogP contribution in [0, 0.1) is 16.0 Å². The lowest BCUT2D eigenvalue weighted by atomic mass is 9.96. The lowest BCUT2D eigenvalue weighted by Gasteiger charge is -2.33. The molecule has 0 amide bonds. The summed E-state index contributed by atoms with van der Waals surface area (Å²) in [6, 6.07) is 11.2. The Bertz CT molecular complexity index is 1730. The number of nitrogens with zero attached hydrogens (tertiary/aromatic N) is 4. The summed E-state index contributed by atoms with van der Waals surface area (Å²) in [7, 11) is 1.57. The van der Waals surface area contributed by atoms with E-state index in [4.69, 9.17) is 9.47 Å². The summed E-state index contributed by atoms with van der Waals surface area (Å²) in [5.41, 5.74) is 2.51. The Morgan fingerprint density at radius 3 is 2.48 bits per heavy atom. The van der Waals surface area contributed by atoms with Crippen molar-refractivity contribution in [2.75, 3.05) is 25.1 Å². The van der Waals surface area contributed by atoms with E-state index in [1.807, 2.05) is 12.1 Å². The molecule has 3 heterocycles. The predicted octanol–water partition coefficient (Wildman–Crippen LogP) is 4.34. The van der Waals surface area contributed by atoms with Gasteiger partial charge in [0.15, 0.2) is 4.80 Å². The Labute approximate surface area is 247 Å². The molecule has 1 saturated heterocycles. The normalized spacial score (nSPS) is 17.7. The largest absolute Gasteiger partial charge is 0.497 e. The van der Waals surface area contributed by atoms with Crippen LogP contribution in [-0.2, 0) is 9.53 Å². The maximum Gasteiger partial charge on any atom is 0.338 e. The smallest absolute Gasteiger partial charge is 0.338 e. The number of hydrogen-bond acceptors (Lipinski definition) is 9. The van der Waals surface area contributed by atoms with Crippen molar-refractivity contribution in [3.05, 3.63) is 94.7 Å². The van der Waals surface area contributed by atoms with Gasteiger partial charge in [0.05, 0.1) is 40.0 Å². The molecule has 2 aromatic carbocycles. The van der Waals surface area contributed by atoms with Gasteiger partial charge in [0.25, 0.3) is 11.2 Å². The van der Waals surface area contributed by atoms with E-state index in [9.17, 15) is 19.7 Å². The van der Waals surface area contributed by atoms with Crippen molar-refractivity contribution in [3.63, 3.8) is 0 Å². The minimum atomic E-state index is -0.770. The molecular weight excluding hydrogens is 556 g/mol. The number of piperidine rings is 1. The Hall–Kier alpha value is -4.25. The molecule has 42 heavy (non-hydrogen) atoms. The lowest BCUT2D eigenvalue weighted by Crippen LogP contribution is -2.40. The van der Waals surface area contributed by atoms with E-state index in [0.29, 0.717) is 37.8 Å². The number of nitro groups is 1. The van der Waals surface area contributed by atoms with E-state index in [0.717, 1.165) is 31.6 Å². The van der Waals surface area contributed by atoms with Gasteiger partial charge in [-0.25, -0.2) is 9.79 Å². The molecule has 10 nitrogen and oxygen atoms in total. The predicted molar refractivity (Wildman–Crippen MR) is 162 cm³/mol. The van der Waals surface area contributed by atoms with Crippen molar-refractivity contribution in [3.8, 4) is 5.75 Å². The van der Waals surface area contributed by atoms with Crippen molar-refractivity contribution in [1.82, 2.24) is 4.57 Å². The highest BCUT2D eigenvalue weighted by atomic mass is 32.1. The van der Waals surface area contributed by atoms with Crippen molar-refractivity contribution in [1.29, 1.82) is 0 Å². The second kappa shape index (κ2) is 11.9. The summed E-state index contributed by atoms with van der Waals surface area (Å²) in [5.74, 6) is 0.717. The van der Waals surface area contributed by atoms with Crippen LogP contribution in [0.2, 0.25) is 0 Å². The minimum Gasteiger partial charge on any atom is -0.497 e. The Morgan fingerprint density at radius 1 is 1.17 bits per heavy atom. The number of hydrogen-bond donors (Lipinski definition) is 0. The third-order valence-corrected chi connectivity index (χ3v) is 8.63. The first-order valence-electron chi connectivity index (χ1n) is 14.0. The van der Waals surface area contributed by atoms with Crippen LogP contribution in [0.1, 0.15) is 57.7 Å². The molecule has 0 saturated carbocycles. The quantitative estimate of drug-likeness (QED) is 0.228. The van der Waals surface area contributed by atoms with Gasteiger partial charge in [0, 0.05) is 36.5 Å². The van der Waals surface area contributed by atoms with E-state index in [1.165, 1.54) is 28.0 Å². The molecular formula is C31H34N4O6S. The zero-order chi connectivity index (χ0) is 30.1. The second-order valence-corrected chi connectivity index (χ2v) is 12.0. The second-order valence-electron chi connectivity index (χ2n) is 11.0. The number of methoxy groups -OCH3 is 1. The lowest BCUT2D eigenvalue weighted by molar-refractivity contribution is -0.384. The SMILES string of the molecule is COc1ccc([C@H]2C(C(=O)OC(C)C)=C(C)N=c3s/c(=C/c4cc([N+](=O)[O-])ccc4N4CCC(C)CC4)c(=O)n32)cc1. The van der Waals surface area contributed by atoms with Gasteiger partial charge in [-0.3, -0.25) is 19.5 Å². The number of non-ortho nitro benzene ring substituents is 1. The number of benzene rings is 2. The first kappa shape index (κ1) is 29.2. The molecule has 0 spiro atoms. The number of allylic oxidation sites excluding steroid dienone is 1. The van der Waals surface area contributed by atoms with Gasteiger partial charge in [0.1, 0.15) is 5.75 Å². The molecule has 5 rings (SSSR count). The molecule has 2 aliphatic heterocycles. The van der Waals surface area contributed by atoms with E-state index < -0.39 is 16.9 Å². The molecule has 1 atom stereocenters. The Morgan fingerprint density at radius 2 is 1.86 bits per heavy atom. The van der Waals surface area contributed by atoms with Gasteiger partial charge in [-0.05, 0) is 69.4 Å². The van der Waals surface area contributed by atoms with Crippen LogP contribution in [-0.4, -0.2) is 41.8 Å². The average molecular weight is 591 g/mol. The summed E-state index contributed by atoms with van der Waals surface area (Å²) < 4.78 is 12.8. The van der Waals surface area contributed by atoms with E-state index in [2.05, 4.69) is 16.8 Å². The molecule has 0 aliphatic carbocycles. The molecule has 11 heteroatoms. The van der Waals surface area contributed by atoms with Gasteiger partial charge in [0.2, 0.25) is 0 Å². The zero-order valence-corrected chi connectivity index (χ0v) is 25.1. The highest BCUT2D eigenvalue weighted by Crippen LogP contribution is 2.33. The number of anilines is 1. The van der Waals surface area contributed by atoms with Gasteiger partial charge >= 0.3 is 5.97 Å². The number of carbonyl (C=O) groups is 1. The maximum atomic E-state index is 14.1. The van der Waals surface area contributed by atoms with Crippen LogP contribution in [0.15, 0.2) is 63.5 Å². The molecule has 1 aromatic heterocycles. The Kier molecular flexibility index (Phi) is 8.31. The summed E-state index contributed by atoms with van der Waals surface area (Å²) in [6.45, 7) is 9.16. The van der Waals surface area contributed by atoms with Gasteiger partial charge in [-0.1, -0.05) is 30.4 Å². The Balaban J connectivity index is 1.69. The first-order chi connectivity index (χ1) is 20.1. The summed E-state index contributed by atoms with van der Waals surface area (Å²) >= 11 is 1.19. The topological polar surface area (TPSA) is 116 Å². The van der Waals surface area contributed by atoms with Crippen molar-refractivity contribution < 1.29 is 19.2 Å². The fourth-order valence-electron chi connectivity index (χ4n) is 5.41.